The minimum absolute atomic E-state index is 0.0179. The van der Waals surface area contributed by atoms with Crippen LogP contribution in [0.4, 0.5) is 0 Å². The third kappa shape index (κ3) is 3.97. The first kappa shape index (κ1) is 26.9. The number of fused-ring (bicyclic) bond motifs is 5. The molecule has 0 aromatic carbocycles. The highest BCUT2D eigenvalue weighted by Gasteiger charge is 2.68. The third-order valence-corrected chi connectivity index (χ3v) is 12.1. The molecule has 0 radical (unpaired) electrons. The zero-order valence-electron chi connectivity index (χ0n) is 24.1. The Morgan fingerprint density at radius 3 is 2.31 bits per heavy atom. The molecule has 0 bridgehead atoms. The van der Waals surface area contributed by atoms with Gasteiger partial charge < -0.3 is 4.74 Å². The van der Waals surface area contributed by atoms with Gasteiger partial charge in [0.05, 0.1) is 0 Å². The van der Waals surface area contributed by atoms with Crippen LogP contribution in [0.1, 0.15) is 120 Å². The van der Waals surface area contributed by atoms with Gasteiger partial charge >= 0.3 is 5.97 Å². The Bertz CT molecular complexity index is 883. The van der Waals surface area contributed by atoms with Crippen molar-refractivity contribution >= 4 is 11.8 Å². The average Bonchev–Trinajstić information content (AvgIpc) is 3.04. The molecule has 0 heterocycles. The van der Waals surface area contributed by atoms with E-state index in [1.54, 1.807) is 0 Å². The summed E-state index contributed by atoms with van der Waals surface area (Å²) in [6, 6.07) is 0. The minimum Gasteiger partial charge on any atom is -0.462 e. The molecule has 1 unspecified atom stereocenters. The molecule has 0 N–H and O–H groups in total. The lowest BCUT2D eigenvalue weighted by atomic mass is 9.41. The van der Waals surface area contributed by atoms with Crippen molar-refractivity contribution < 1.29 is 14.3 Å². The van der Waals surface area contributed by atoms with Crippen LogP contribution in [0.2, 0.25) is 0 Å². The fourth-order valence-electron chi connectivity index (χ4n) is 9.91. The van der Waals surface area contributed by atoms with E-state index in [-0.39, 0.29) is 33.7 Å². The summed E-state index contributed by atoms with van der Waals surface area (Å²) in [5, 5.41) is 0. The molecule has 4 aliphatic carbocycles. The Morgan fingerprint density at radius 1 is 1.00 bits per heavy atom. The fourth-order valence-corrected chi connectivity index (χ4v) is 9.91. The maximum absolute atomic E-state index is 14.2. The van der Waals surface area contributed by atoms with E-state index < -0.39 is 0 Å². The molecule has 3 heteroatoms. The van der Waals surface area contributed by atoms with E-state index in [0.29, 0.717) is 29.5 Å². The van der Waals surface area contributed by atoms with Crippen molar-refractivity contribution in [1.29, 1.82) is 0 Å². The van der Waals surface area contributed by atoms with Crippen LogP contribution in [0.5, 0.6) is 0 Å². The van der Waals surface area contributed by atoms with Gasteiger partial charge in [-0.15, -0.1) is 0 Å². The first-order valence-corrected chi connectivity index (χ1v) is 14.6. The normalized spacial score (nSPS) is 43.1. The number of allylic oxidation sites excluding steroid dienone is 2. The van der Waals surface area contributed by atoms with Gasteiger partial charge in [0, 0.05) is 17.8 Å². The summed E-state index contributed by atoms with van der Waals surface area (Å²) in [7, 11) is 0. The second kappa shape index (κ2) is 9.02. The largest absolute Gasteiger partial charge is 0.462 e. The van der Waals surface area contributed by atoms with Crippen LogP contribution in [-0.4, -0.2) is 17.9 Å². The number of carbonyl (C=O) groups is 2. The summed E-state index contributed by atoms with van der Waals surface area (Å²) in [6.45, 7) is 20.4. The zero-order valence-corrected chi connectivity index (χ0v) is 24.1. The first-order chi connectivity index (χ1) is 16.2. The standard InChI is InChI=1S/C32H52O3/c1-20(2)11-10-12-21(3)23-15-18-31(8)24-13-14-26-29(5,6)28(35-22(4)33)16-17-30(26,7)25(24)19-27(34)32(23,31)9/h19-21,23-24,26,28H,10-18H2,1-9H3/t21-,23-,24-,26+,28?,30-,31+,32+/m1/s1. The van der Waals surface area contributed by atoms with E-state index in [4.69, 9.17) is 4.74 Å². The lowest BCUT2D eigenvalue weighted by Crippen LogP contribution is -2.60. The highest BCUT2D eigenvalue weighted by Crippen LogP contribution is 2.72. The predicted octanol–water partition coefficient (Wildman–Crippen LogP) is 8.16. The molecule has 198 valence electrons. The molecule has 0 aliphatic heterocycles. The summed E-state index contributed by atoms with van der Waals surface area (Å²) in [5.41, 5.74) is 1.19. The van der Waals surface area contributed by atoms with Crippen molar-refractivity contribution in [2.75, 3.05) is 0 Å². The van der Waals surface area contributed by atoms with Crippen molar-refractivity contribution in [3.63, 3.8) is 0 Å². The van der Waals surface area contributed by atoms with Crippen LogP contribution in [-0.2, 0) is 14.3 Å². The number of hydrogen-bond donors (Lipinski definition) is 0. The molecule has 0 spiro atoms. The van der Waals surface area contributed by atoms with Crippen LogP contribution in [0.15, 0.2) is 11.6 Å². The van der Waals surface area contributed by atoms with Crippen LogP contribution in [0.25, 0.3) is 0 Å². The highest BCUT2D eigenvalue weighted by atomic mass is 16.5. The van der Waals surface area contributed by atoms with Gasteiger partial charge in [-0.05, 0) is 85.0 Å². The predicted molar refractivity (Wildman–Crippen MR) is 143 cm³/mol. The number of esters is 1. The summed E-state index contributed by atoms with van der Waals surface area (Å²) in [4.78, 5) is 26.0. The van der Waals surface area contributed by atoms with Crippen molar-refractivity contribution in [3.8, 4) is 0 Å². The molecule has 4 rings (SSSR count). The average molecular weight is 485 g/mol. The lowest BCUT2D eigenvalue weighted by molar-refractivity contribution is -0.171. The molecule has 3 saturated carbocycles. The monoisotopic (exact) mass is 484 g/mol. The number of carbonyl (C=O) groups excluding carboxylic acids is 2. The van der Waals surface area contributed by atoms with Gasteiger partial charge in [-0.25, -0.2) is 0 Å². The van der Waals surface area contributed by atoms with Crippen molar-refractivity contribution in [2.24, 2.45) is 51.2 Å². The molecule has 3 fully saturated rings. The van der Waals surface area contributed by atoms with Gasteiger partial charge in [0.2, 0.25) is 0 Å². The maximum atomic E-state index is 14.2. The maximum Gasteiger partial charge on any atom is 0.302 e. The summed E-state index contributed by atoms with van der Waals surface area (Å²) >= 11 is 0. The zero-order chi connectivity index (χ0) is 26.0. The lowest BCUT2D eigenvalue weighted by Gasteiger charge is -2.63. The van der Waals surface area contributed by atoms with E-state index in [2.05, 4.69) is 61.5 Å². The topological polar surface area (TPSA) is 43.4 Å². The Hall–Kier alpha value is -1.12. The molecular weight excluding hydrogens is 432 g/mol. The molecule has 0 amide bonds. The molecular formula is C32H52O3. The fraction of sp³-hybridized carbons (Fsp3) is 0.875. The molecule has 8 atom stereocenters. The summed E-state index contributed by atoms with van der Waals surface area (Å²) in [6.07, 6.45) is 12.5. The first-order valence-electron chi connectivity index (χ1n) is 14.6. The quantitative estimate of drug-likeness (QED) is 0.357. The van der Waals surface area contributed by atoms with Crippen LogP contribution in [0, 0.1) is 51.2 Å². The number of ether oxygens (including phenoxy) is 1. The van der Waals surface area contributed by atoms with Crippen LogP contribution >= 0.6 is 0 Å². The van der Waals surface area contributed by atoms with E-state index in [1.807, 2.05) is 0 Å². The van der Waals surface area contributed by atoms with Crippen molar-refractivity contribution in [2.45, 2.75) is 126 Å². The summed E-state index contributed by atoms with van der Waals surface area (Å²) in [5.74, 6) is 3.02. The SMILES string of the molecule is CC(=O)OC1CC[C@]2(C)C3=CC(=O)[C@]4(C)[C@@H]([C@H](C)CCCC(C)C)CC[C@@]4(C)[C@@H]3CC[C@H]2C1(C)C. The molecule has 0 aromatic rings. The minimum atomic E-state index is -0.244. The molecule has 0 aromatic heterocycles. The smallest absolute Gasteiger partial charge is 0.302 e. The Kier molecular flexibility index (Phi) is 6.94. The van der Waals surface area contributed by atoms with Crippen molar-refractivity contribution in [1.82, 2.24) is 0 Å². The van der Waals surface area contributed by atoms with Crippen LogP contribution in [0.3, 0.4) is 0 Å². The Labute approximate surface area is 215 Å². The van der Waals surface area contributed by atoms with Gasteiger partial charge in [0.1, 0.15) is 6.10 Å². The third-order valence-electron chi connectivity index (χ3n) is 12.1. The molecule has 35 heavy (non-hydrogen) atoms. The van der Waals surface area contributed by atoms with E-state index in [9.17, 15) is 9.59 Å². The number of ketones is 1. The van der Waals surface area contributed by atoms with Gasteiger partial charge in [0.15, 0.2) is 5.78 Å². The van der Waals surface area contributed by atoms with Crippen molar-refractivity contribution in [3.05, 3.63) is 11.6 Å². The molecule has 3 nitrogen and oxygen atoms in total. The number of hydrogen-bond acceptors (Lipinski definition) is 3. The Morgan fingerprint density at radius 2 is 1.69 bits per heavy atom. The van der Waals surface area contributed by atoms with Gasteiger partial charge in [-0.1, -0.05) is 80.2 Å². The molecule has 4 aliphatic rings. The summed E-state index contributed by atoms with van der Waals surface area (Å²) < 4.78 is 5.82. The van der Waals surface area contributed by atoms with Gasteiger partial charge in [0.25, 0.3) is 0 Å². The Balaban J connectivity index is 1.65. The second-order valence-electron chi connectivity index (χ2n) is 14.6. The second-order valence-corrected chi connectivity index (χ2v) is 14.6. The van der Waals surface area contributed by atoms with E-state index >= 15 is 0 Å². The van der Waals surface area contributed by atoms with Gasteiger partial charge in [-0.3, -0.25) is 9.59 Å². The van der Waals surface area contributed by atoms with Crippen LogP contribution < -0.4 is 0 Å². The van der Waals surface area contributed by atoms with E-state index in [1.165, 1.54) is 44.6 Å². The van der Waals surface area contributed by atoms with E-state index in [0.717, 1.165) is 31.6 Å². The number of rotatable bonds is 6. The van der Waals surface area contributed by atoms with Gasteiger partial charge in [-0.2, -0.15) is 0 Å². The highest BCUT2D eigenvalue weighted by molar-refractivity contribution is 5.98. The molecule has 0 saturated heterocycles.